The molecule has 1 heterocycles. The van der Waals surface area contributed by atoms with Crippen LogP contribution in [0.3, 0.4) is 0 Å². The van der Waals surface area contributed by atoms with E-state index in [-0.39, 0.29) is 5.78 Å². The van der Waals surface area contributed by atoms with Crippen LogP contribution in [0.2, 0.25) is 0 Å². The zero-order valence-corrected chi connectivity index (χ0v) is 9.47. The molecular weight excluding hydrogens is 200 g/mol. The molecule has 0 bridgehead atoms. The molecule has 0 radical (unpaired) electrons. The minimum atomic E-state index is 0.128. The third-order valence-electron chi connectivity index (χ3n) is 2.44. The predicted octanol–water partition coefficient (Wildman–Crippen LogP) is 1.98. The number of pyridine rings is 1. The van der Waals surface area contributed by atoms with Crippen molar-refractivity contribution in [2.24, 2.45) is 0 Å². The highest BCUT2D eigenvalue weighted by Crippen LogP contribution is 2.17. The number of carbonyl (C=O) groups is 1. The molecule has 0 atom stereocenters. The number of ketones is 1. The second-order valence-corrected chi connectivity index (χ2v) is 4.06. The van der Waals surface area contributed by atoms with Gasteiger partial charge in [-0.25, -0.2) is 0 Å². The number of aromatic nitrogens is 1. The summed E-state index contributed by atoms with van der Waals surface area (Å²) in [5.41, 5.74) is 0.749. The smallest absolute Gasteiger partial charge is 0.177 e. The number of nitrogens with zero attached hydrogens (tertiary/aromatic N) is 2. The third-order valence-corrected chi connectivity index (χ3v) is 2.44. The molecule has 0 unspecified atom stereocenters. The molecule has 2 rings (SSSR count). The van der Waals surface area contributed by atoms with Gasteiger partial charge in [0.2, 0.25) is 0 Å². The first-order valence-corrected chi connectivity index (χ1v) is 5.19. The lowest BCUT2D eigenvalue weighted by Gasteiger charge is -2.09. The van der Waals surface area contributed by atoms with Gasteiger partial charge >= 0.3 is 0 Å². The lowest BCUT2D eigenvalue weighted by molar-refractivity contribution is 0.0959. The van der Waals surface area contributed by atoms with E-state index in [1.807, 2.05) is 43.3 Å². The molecule has 0 spiro atoms. The highest BCUT2D eigenvalue weighted by molar-refractivity contribution is 6.08. The summed E-state index contributed by atoms with van der Waals surface area (Å²) in [7, 11) is 3.78. The molecule has 1 aromatic heterocycles. The van der Waals surface area contributed by atoms with Crippen molar-refractivity contribution in [1.29, 1.82) is 0 Å². The number of rotatable bonds is 3. The van der Waals surface area contributed by atoms with E-state index < -0.39 is 0 Å². The molecule has 0 amide bonds. The minimum Gasteiger partial charge on any atom is -0.302 e. The van der Waals surface area contributed by atoms with Crippen molar-refractivity contribution in [3.05, 3.63) is 42.2 Å². The molecule has 16 heavy (non-hydrogen) atoms. The molecule has 0 aliphatic carbocycles. The SMILES string of the molecule is CN(C)CC(=O)c1cccc2ccncc12. The quantitative estimate of drug-likeness (QED) is 0.732. The molecule has 0 saturated carbocycles. The molecule has 1 aromatic carbocycles. The lowest BCUT2D eigenvalue weighted by Crippen LogP contribution is -2.21. The second-order valence-electron chi connectivity index (χ2n) is 4.06. The van der Waals surface area contributed by atoms with E-state index in [4.69, 9.17) is 0 Å². The molecule has 82 valence electrons. The number of carbonyl (C=O) groups excluding carboxylic acids is 1. The van der Waals surface area contributed by atoms with Crippen LogP contribution in [0, 0.1) is 0 Å². The van der Waals surface area contributed by atoms with Crippen LogP contribution < -0.4 is 0 Å². The van der Waals surface area contributed by atoms with Gasteiger partial charge in [-0.15, -0.1) is 0 Å². The average Bonchev–Trinajstić information content (AvgIpc) is 2.27. The normalized spacial score (nSPS) is 10.9. The molecule has 3 heteroatoms. The largest absolute Gasteiger partial charge is 0.302 e. The van der Waals surface area contributed by atoms with Crippen molar-refractivity contribution >= 4 is 16.6 Å². The van der Waals surface area contributed by atoms with Gasteiger partial charge in [0.25, 0.3) is 0 Å². The Labute approximate surface area is 94.7 Å². The second kappa shape index (κ2) is 4.41. The van der Waals surface area contributed by atoms with Crippen LogP contribution in [-0.2, 0) is 0 Å². The average molecular weight is 214 g/mol. The van der Waals surface area contributed by atoms with Crippen molar-refractivity contribution in [1.82, 2.24) is 9.88 Å². The molecule has 0 fully saturated rings. The van der Waals surface area contributed by atoms with Gasteiger partial charge in [-0.1, -0.05) is 18.2 Å². The summed E-state index contributed by atoms with van der Waals surface area (Å²) in [6, 6.07) is 7.67. The molecule has 0 aliphatic heterocycles. The standard InChI is InChI=1S/C13H14N2O/c1-15(2)9-13(16)11-5-3-4-10-6-7-14-8-12(10)11/h3-8H,9H2,1-2H3. The summed E-state index contributed by atoms with van der Waals surface area (Å²) >= 11 is 0. The van der Waals surface area contributed by atoms with E-state index in [1.165, 1.54) is 0 Å². The number of benzene rings is 1. The maximum absolute atomic E-state index is 12.0. The first-order chi connectivity index (χ1) is 7.68. The third kappa shape index (κ3) is 2.09. The van der Waals surface area contributed by atoms with Crippen LogP contribution in [-0.4, -0.2) is 36.3 Å². The van der Waals surface area contributed by atoms with E-state index >= 15 is 0 Å². The Hall–Kier alpha value is -1.74. The zero-order chi connectivity index (χ0) is 11.5. The Morgan fingerprint density at radius 1 is 1.31 bits per heavy atom. The Morgan fingerprint density at radius 2 is 2.12 bits per heavy atom. The fraction of sp³-hybridized carbons (Fsp3) is 0.231. The first kappa shape index (κ1) is 10.8. The van der Waals surface area contributed by atoms with Gasteiger partial charge in [0.05, 0.1) is 6.54 Å². The van der Waals surface area contributed by atoms with E-state index in [1.54, 1.807) is 12.4 Å². The lowest BCUT2D eigenvalue weighted by atomic mass is 10.0. The highest BCUT2D eigenvalue weighted by Gasteiger charge is 2.10. The topological polar surface area (TPSA) is 33.2 Å². The maximum Gasteiger partial charge on any atom is 0.177 e. The van der Waals surface area contributed by atoms with Gasteiger partial charge in [-0.3, -0.25) is 9.78 Å². The molecular formula is C13H14N2O. The summed E-state index contributed by atoms with van der Waals surface area (Å²) in [6.07, 6.45) is 3.49. The van der Waals surface area contributed by atoms with Crippen LogP contribution in [0.4, 0.5) is 0 Å². The van der Waals surface area contributed by atoms with Gasteiger partial charge < -0.3 is 4.90 Å². The fourth-order valence-corrected chi connectivity index (χ4v) is 1.73. The summed E-state index contributed by atoms with van der Waals surface area (Å²) in [6.45, 7) is 0.425. The van der Waals surface area contributed by atoms with Gasteiger partial charge in [0.1, 0.15) is 0 Å². The fourth-order valence-electron chi connectivity index (χ4n) is 1.73. The Morgan fingerprint density at radius 3 is 2.88 bits per heavy atom. The molecule has 0 aliphatic rings. The summed E-state index contributed by atoms with van der Waals surface area (Å²) in [5.74, 6) is 0.128. The van der Waals surface area contributed by atoms with Crippen LogP contribution >= 0.6 is 0 Å². The van der Waals surface area contributed by atoms with Crippen LogP contribution in [0.25, 0.3) is 10.8 Å². The van der Waals surface area contributed by atoms with Crippen LogP contribution in [0.5, 0.6) is 0 Å². The van der Waals surface area contributed by atoms with E-state index in [0.717, 1.165) is 16.3 Å². The number of Topliss-reactive ketones (excluding diaryl/α,β-unsaturated/α-hetero) is 1. The van der Waals surface area contributed by atoms with Crippen molar-refractivity contribution in [3.63, 3.8) is 0 Å². The van der Waals surface area contributed by atoms with Gasteiger partial charge in [0, 0.05) is 23.3 Å². The number of fused-ring (bicyclic) bond motifs is 1. The van der Waals surface area contributed by atoms with Crippen LogP contribution in [0.1, 0.15) is 10.4 Å². The zero-order valence-electron chi connectivity index (χ0n) is 9.47. The van der Waals surface area contributed by atoms with Gasteiger partial charge in [0.15, 0.2) is 5.78 Å². The van der Waals surface area contributed by atoms with Gasteiger partial charge in [-0.2, -0.15) is 0 Å². The number of likely N-dealkylation sites (N-methyl/N-ethyl adjacent to an activating group) is 1. The van der Waals surface area contributed by atoms with Crippen molar-refractivity contribution < 1.29 is 4.79 Å². The number of hydrogen-bond acceptors (Lipinski definition) is 3. The summed E-state index contributed by atoms with van der Waals surface area (Å²) in [4.78, 5) is 17.9. The van der Waals surface area contributed by atoms with Crippen molar-refractivity contribution in [2.75, 3.05) is 20.6 Å². The monoisotopic (exact) mass is 214 g/mol. The summed E-state index contributed by atoms with van der Waals surface area (Å²) in [5, 5.41) is 1.98. The molecule has 0 N–H and O–H groups in total. The van der Waals surface area contributed by atoms with E-state index in [2.05, 4.69) is 4.98 Å². The molecule has 3 nitrogen and oxygen atoms in total. The van der Waals surface area contributed by atoms with E-state index in [0.29, 0.717) is 6.54 Å². The maximum atomic E-state index is 12.0. The predicted molar refractivity (Wildman–Crippen MR) is 64.6 cm³/mol. The van der Waals surface area contributed by atoms with Crippen molar-refractivity contribution in [3.8, 4) is 0 Å². The highest BCUT2D eigenvalue weighted by atomic mass is 16.1. The van der Waals surface area contributed by atoms with Crippen molar-refractivity contribution in [2.45, 2.75) is 0 Å². The molecule has 2 aromatic rings. The summed E-state index contributed by atoms with van der Waals surface area (Å²) < 4.78 is 0. The van der Waals surface area contributed by atoms with E-state index in [9.17, 15) is 4.79 Å². The Balaban J connectivity index is 2.48. The Kier molecular flexibility index (Phi) is 2.97. The Bertz CT molecular complexity index is 515. The van der Waals surface area contributed by atoms with Crippen LogP contribution in [0.15, 0.2) is 36.7 Å². The minimum absolute atomic E-state index is 0.128. The number of hydrogen-bond donors (Lipinski definition) is 0. The van der Waals surface area contributed by atoms with Gasteiger partial charge in [-0.05, 0) is 25.5 Å². The molecule has 0 saturated heterocycles. The first-order valence-electron chi connectivity index (χ1n) is 5.19.